The fraction of sp³-hybridized carbons (Fsp3) is 0.0909. The second kappa shape index (κ2) is 5.46. The molecule has 0 aliphatic heterocycles. The summed E-state index contributed by atoms with van der Waals surface area (Å²) in [7, 11) is 0. The SMILES string of the molecule is O=[N+]([O-])c1ccc(CNc2cc(Cl)c(F)c(Cl)c2)o1. The molecule has 0 atom stereocenters. The molecule has 1 aromatic carbocycles. The Balaban J connectivity index is 2.08. The zero-order chi connectivity index (χ0) is 14.0. The zero-order valence-electron chi connectivity index (χ0n) is 9.32. The highest BCUT2D eigenvalue weighted by atomic mass is 35.5. The monoisotopic (exact) mass is 304 g/mol. The van der Waals surface area contributed by atoms with Crippen LogP contribution in [0.5, 0.6) is 0 Å². The molecular formula is C11H7Cl2FN2O3. The van der Waals surface area contributed by atoms with Crippen LogP contribution in [0.2, 0.25) is 10.0 Å². The Morgan fingerprint density at radius 1 is 1.32 bits per heavy atom. The second-order valence-corrected chi connectivity index (χ2v) is 4.42. The van der Waals surface area contributed by atoms with Gasteiger partial charge in [0.15, 0.2) is 5.82 Å². The van der Waals surface area contributed by atoms with Gasteiger partial charge in [0, 0.05) is 5.69 Å². The van der Waals surface area contributed by atoms with E-state index in [0.717, 1.165) is 0 Å². The van der Waals surface area contributed by atoms with Gasteiger partial charge in [0.2, 0.25) is 0 Å². The van der Waals surface area contributed by atoms with Crippen molar-refractivity contribution >= 4 is 34.8 Å². The Bertz CT molecular complexity index is 607. The normalized spacial score (nSPS) is 10.5. The number of rotatable bonds is 4. The van der Waals surface area contributed by atoms with E-state index >= 15 is 0 Å². The smallest absolute Gasteiger partial charge is 0.404 e. The molecule has 8 heteroatoms. The number of furan rings is 1. The quantitative estimate of drug-likeness (QED) is 0.521. The van der Waals surface area contributed by atoms with E-state index in [0.29, 0.717) is 11.4 Å². The molecule has 1 aromatic heterocycles. The molecular weight excluding hydrogens is 298 g/mol. The first-order valence-corrected chi connectivity index (χ1v) is 5.84. The summed E-state index contributed by atoms with van der Waals surface area (Å²) in [6, 6.07) is 5.44. The average molecular weight is 305 g/mol. The molecule has 0 amide bonds. The van der Waals surface area contributed by atoms with Crippen LogP contribution < -0.4 is 5.32 Å². The number of hydrogen-bond acceptors (Lipinski definition) is 4. The van der Waals surface area contributed by atoms with E-state index in [1.807, 2.05) is 0 Å². The summed E-state index contributed by atoms with van der Waals surface area (Å²) >= 11 is 11.3. The molecule has 0 saturated carbocycles. The van der Waals surface area contributed by atoms with Crippen molar-refractivity contribution < 1.29 is 13.7 Å². The molecule has 2 aromatic rings. The minimum atomic E-state index is -0.692. The maximum Gasteiger partial charge on any atom is 0.433 e. The van der Waals surface area contributed by atoms with Crippen LogP contribution in [-0.4, -0.2) is 4.92 Å². The molecule has 19 heavy (non-hydrogen) atoms. The van der Waals surface area contributed by atoms with Crippen LogP contribution in [0.4, 0.5) is 16.0 Å². The number of benzene rings is 1. The van der Waals surface area contributed by atoms with Gasteiger partial charge in [-0.05, 0) is 18.2 Å². The molecule has 5 nitrogen and oxygen atoms in total. The van der Waals surface area contributed by atoms with Crippen LogP contribution >= 0.6 is 23.2 Å². The molecule has 0 unspecified atom stereocenters. The summed E-state index contributed by atoms with van der Waals surface area (Å²) in [5.74, 6) is -0.669. The van der Waals surface area contributed by atoms with Gasteiger partial charge in [-0.15, -0.1) is 0 Å². The van der Waals surface area contributed by atoms with Gasteiger partial charge < -0.3 is 9.73 Å². The van der Waals surface area contributed by atoms with E-state index in [9.17, 15) is 14.5 Å². The number of nitrogens with one attached hydrogen (secondary N) is 1. The topological polar surface area (TPSA) is 68.3 Å². The van der Waals surface area contributed by atoms with Crippen LogP contribution in [0.25, 0.3) is 0 Å². The Kier molecular flexibility index (Phi) is 3.92. The third kappa shape index (κ3) is 3.15. The van der Waals surface area contributed by atoms with E-state index in [2.05, 4.69) is 5.32 Å². The minimum Gasteiger partial charge on any atom is -0.404 e. The van der Waals surface area contributed by atoms with Crippen molar-refractivity contribution in [2.24, 2.45) is 0 Å². The summed E-state index contributed by atoms with van der Waals surface area (Å²) < 4.78 is 18.1. The van der Waals surface area contributed by atoms with Crippen molar-refractivity contribution in [3.05, 3.63) is 56.0 Å². The van der Waals surface area contributed by atoms with Crippen LogP contribution in [0.15, 0.2) is 28.7 Å². The summed E-state index contributed by atoms with van der Waals surface area (Å²) in [4.78, 5) is 9.80. The molecule has 0 aliphatic carbocycles. The van der Waals surface area contributed by atoms with Crippen molar-refractivity contribution in [1.29, 1.82) is 0 Å². The summed E-state index contributed by atoms with van der Waals surface area (Å²) in [5.41, 5.74) is 0.482. The highest BCUT2D eigenvalue weighted by Crippen LogP contribution is 2.27. The molecule has 1 N–H and O–H groups in total. The lowest BCUT2D eigenvalue weighted by molar-refractivity contribution is -0.402. The number of nitro groups is 1. The Morgan fingerprint density at radius 2 is 1.95 bits per heavy atom. The highest BCUT2D eigenvalue weighted by Gasteiger charge is 2.12. The summed E-state index contributed by atoms with van der Waals surface area (Å²) in [6.45, 7) is 0.187. The molecule has 0 radical (unpaired) electrons. The maximum atomic E-state index is 13.2. The van der Waals surface area contributed by atoms with Gasteiger partial charge in [-0.25, -0.2) is 4.39 Å². The Hall–Kier alpha value is -1.79. The lowest BCUT2D eigenvalue weighted by Crippen LogP contribution is -1.98. The minimum absolute atomic E-state index is 0.111. The Labute approximate surface area is 117 Å². The third-order valence-corrected chi connectivity index (χ3v) is 2.83. The number of nitrogens with zero attached hydrogens (tertiary/aromatic N) is 1. The molecule has 2 rings (SSSR count). The number of anilines is 1. The van der Waals surface area contributed by atoms with E-state index in [1.165, 1.54) is 24.3 Å². The first-order chi connectivity index (χ1) is 8.97. The van der Waals surface area contributed by atoms with Crippen molar-refractivity contribution in [2.45, 2.75) is 6.54 Å². The molecule has 1 heterocycles. The van der Waals surface area contributed by atoms with Crippen LogP contribution in [0, 0.1) is 15.9 Å². The molecule has 0 aliphatic rings. The summed E-state index contributed by atoms with van der Waals surface area (Å²) in [5, 5.41) is 13.1. The number of halogens is 3. The predicted molar refractivity (Wildman–Crippen MR) is 69.1 cm³/mol. The van der Waals surface area contributed by atoms with Crippen LogP contribution in [0.1, 0.15) is 5.76 Å². The highest BCUT2D eigenvalue weighted by molar-refractivity contribution is 6.35. The second-order valence-electron chi connectivity index (χ2n) is 3.60. The van der Waals surface area contributed by atoms with Gasteiger partial charge in [0.05, 0.1) is 22.7 Å². The van der Waals surface area contributed by atoms with E-state index in [1.54, 1.807) is 0 Å². The lowest BCUT2D eigenvalue weighted by Gasteiger charge is -2.06. The average Bonchev–Trinajstić information content (AvgIpc) is 2.82. The predicted octanol–water partition coefficient (Wildman–Crippen LogP) is 4.25. The number of hydrogen-bond donors (Lipinski definition) is 1. The fourth-order valence-corrected chi connectivity index (χ4v) is 1.89. The first-order valence-electron chi connectivity index (χ1n) is 5.09. The molecule has 0 saturated heterocycles. The standard InChI is InChI=1S/C11H7Cl2FN2O3/c12-8-3-6(4-9(13)11(8)14)15-5-7-1-2-10(19-7)16(17)18/h1-4,15H,5H2. The largest absolute Gasteiger partial charge is 0.433 e. The third-order valence-electron chi connectivity index (χ3n) is 2.28. The van der Waals surface area contributed by atoms with Gasteiger partial charge in [0.25, 0.3) is 0 Å². The first kappa shape index (κ1) is 13.6. The van der Waals surface area contributed by atoms with Crippen LogP contribution in [-0.2, 0) is 6.54 Å². The molecule has 100 valence electrons. The van der Waals surface area contributed by atoms with Gasteiger partial charge >= 0.3 is 5.88 Å². The van der Waals surface area contributed by atoms with Gasteiger partial charge in [-0.1, -0.05) is 23.2 Å². The van der Waals surface area contributed by atoms with Crippen molar-refractivity contribution in [3.63, 3.8) is 0 Å². The molecule has 0 spiro atoms. The Morgan fingerprint density at radius 3 is 2.47 bits per heavy atom. The van der Waals surface area contributed by atoms with Crippen LogP contribution in [0.3, 0.4) is 0 Å². The van der Waals surface area contributed by atoms with Gasteiger partial charge in [-0.3, -0.25) is 10.1 Å². The molecule has 0 fully saturated rings. The zero-order valence-corrected chi connectivity index (χ0v) is 10.8. The fourth-order valence-electron chi connectivity index (χ4n) is 1.41. The van der Waals surface area contributed by atoms with Crippen molar-refractivity contribution in [2.75, 3.05) is 5.32 Å². The lowest BCUT2D eigenvalue weighted by atomic mass is 10.3. The van der Waals surface area contributed by atoms with E-state index in [4.69, 9.17) is 27.6 Å². The van der Waals surface area contributed by atoms with Crippen molar-refractivity contribution in [3.8, 4) is 0 Å². The summed E-state index contributed by atoms with van der Waals surface area (Å²) in [6.07, 6.45) is 0. The van der Waals surface area contributed by atoms with Crippen molar-refractivity contribution in [1.82, 2.24) is 0 Å². The van der Waals surface area contributed by atoms with E-state index in [-0.39, 0.29) is 22.5 Å². The van der Waals surface area contributed by atoms with Gasteiger partial charge in [0.1, 0.15) is 10.7 Å². The maximum absolute atomic E-state index is 13.2. The van der Waals surface area contributed by atoms with E-state index < -0.39 is 10.7 Å². The molecule has 0 bridgehead atoms. The van der Waals surface area contributed by atoms with Gasteiger partial charge in [-0.2, -0.15) is 0 Å².